The van der Waals surface area contributed by atoms with Crippen LogP contribution in [0.2, 0.25) is 0 Å². The number of rotatable bonds is 10. The van der Waals surface area contributed by atoms with Gasteiger partial charge in [-0.15, -0.1) is 0 Å². The van der Waals surface area contributed by atoms with E-state index < -0.39 is 23.0 Å². The molecule has 0 fully saturated rings. The number of nitrogens with one attached hydrogen (secondary N) is 1. The van der Waals surface area contributed by atoms with Gasteiger partial charge in [0.05, 0.1) is 19.3 Å². The lowest BCUT2D eigenvalue weighted by Gasteiger charge is -2.23. The molecule has 1 amide bonds. The van der Waals surface area contributed by atoms with E-state index in [1.54, 1.807) is 40.0 Å². The zero-order valence-electron chi connectivity index (χ0n) is 24.6. The Balaban J connectivity index is 2.17. The van der Waals surface area contributed by atoms with E-state index in [9.17, 15) is 23.1 Å². The Hall–Kier alpha value is -3.91. The Morgan fingerprint density at radius 1 is 1.07 bits per heavy atom. The van der Waals surface area contributed by atoms with Crippen LogP contribution in [0.15, 0.2) is 48.2 Å². The molecule has 3 aromatic rings. The molecule has 2 N–H and O–H groups in total. The van der Waals surface area contributed by atoms with Gasteiger partial charge in [-0.05, 0) is 93.6 Å². The lowest BCUT2D eigenvalue weighted by molar-refractivity contribution is -0.119. The Labute approximate surface area is 239 Å². The highest BCUT2D eigenvalue weighted by Gasteiger charge is 2.22. The number of methoxy groups -OCH3 is 1. The number of aromatic nitrogens is 1. The molecule has 0 aliphatic rings. The predicted molar refractivity (Wildman–Crippen MR) is 157 cm³/mol. The molecule has 5 nitrogen and oxygen atoms in total. The molecule has 8 heteroatoms. The van der Waals surface area contributed by atoms with Gasteiger partial charge in [0.2, 0.25) is 5.91 Å². The number of pyridine rings is 1. The van der Waals surface area contributed by atoms with Crippen LogP contribution in [-0.4, -0.2) is 35.3 Å². The van der Waals surface area contributed by atoms with Gasteiger partial charge in [0.1, 0.15) is 11.6 Å². The lowest BCUT2D eigenvalue weighted by atomic mass is 9.90. The number of carbonyl (C=O) groups is 1. The van der Waals surface area contributed by atoms with E-state index in [-0.39, 0.29) is 23.8 Å². The summed E-state index contributed by atoms with van der Waals surface area (Å²) in [6.07, 6.45) is 6.56. The van der Waals surface area contributed by atoms with Crippen LogP contribution in [0.25, 0.3) is 22.8 Å². The summed E-state index contributed by atoms with van der Waals surface area (Å²) in [6, 6.07) is 6.58. The molecule has 0 atom stereocenters. The summed E-state index contributed by atoms with van der Waals surface area (Å²) >= 11 is 0. The number of ether oxygens (including phenoxy) is 1. The summed E-state index contributed by atoms with van der Waals surface area (Å²) in [4.78, 5) is 17.2. The third-order valence-electron chi connectivity index (χ3n) is 6.82. The van der Waals surface area contributed by atoms with Crippen molar-refractivity contribution in [3.63, 3.8) is 0 Å². The summed E-state index contributed by atoms with van der Waals surface area (Å²) in [5.74, 6) is -2.51. The third-order valence-corrected chi connectivity index (χ3v) is 6.82. The quantitative estimate of drug-likeness (QED) is 0.253. The first-order valence-electron chi connectivity index (χ1n) is 13.4. The van der Waals surface area contributed by atoms with Crippen molar-refractivity contribution >= 4 is 17.6 Å². The van der Waals surface area contributed by atoms with E-state index in [1.165, 1.54) is 25.3 Å². The molecule has 2 aromatic carbocycles. The zero-order chi connectivity index (χ0) is 30.5. The molecule has 0 aliphatic heterocycles. The number of hydrogen-bond acceptors (Lipinski definition) is 4. The van der Waals surface area contributed by atoms with Gasteiger partial charge in [-0.3, -0.25) is 9.78 Å². The maximum Gasteiger partial charge on any atom is 0.247 e. The second kappa shape index (κ2) is 13.2. The minimum Gasteiger partial charge on any atom is -0.493 e. The standard InChI is InChI=1S/C33H37F3N2O3/c1-8-9-10-26(29-15-25(35)16-30(36)31(29)41-7)28-13-23(17-37-21(28)4)27-14-24(34)12-22(20(27)3)11-19(2)32(40)38-33(5,6)18-39/h10-17,39H,8-9,18H2,1-7H3,(H,38,40)/b19-11+,26-10+. The topological polar surface area (TPSA) is 71.5 Å². The Bertz CT molecular complexity index is 1510. The SMILES string of the molecule is CCC/C=C(\c1cc(-c2cc(F)cc(/C=C(\C)C(=O)NC(C)(C)CO)c2C)cnc1C)c1cc(F)cc(F)c1OC. The van der Waals surface area contributed by atoms with Crippen LogP contribution in [0, 0.1) is 31.3 Å². The number of allylic oxidation sites excluding steroid dienone is 1. The first-order valence-corrected chi connectivity index (χ1v) is 13.4. The second-order valence-corrected chi connectivity index (χ2v) is 10.7. The van der Waals surface area contributed by atoms with Gasteiger partial charge in [-0.2, -0.15) is 0 Å². The Kier molecular flexibility index (Phi) is 10.2. The van der Waals surface area contributed by atoms with Crippen LogP contribution in [0.1, 0.15) is 68.5 Å². The molecule has 0 aliphatic carbocycles. The highest BCUT2D eigenvalue weighted by Crippen LogP contribution is 2.37. The van der Waals surface area contributed by atoms with Crippen LogP contribution >= 0.6 is 0 Å². The van der Waals surface area contributed by atoms with E-state index in [4.69, 9.17) is 4.74 Å². The number of hydrogen-bond donors (Lipinski definition) is 2. The smallest absolute Gasteiger partial charge is 0.247 e. The minimum atomic E-state index is -0.814. The average molecular weight is 567 g/mol. The molecule has 3 rings (SSSR count). The van der Waals surface area contributed by atoms with Gasteiger partial charge in [0, 0.05) is 40.2 Å². The normalized spacial score (nSPS) is 12.5. The Morgan fingerprint density at radius 2 is 1.76 bits per heavy atom. The fourth-order valence-electron chi connectivity index (χ4n) is 4.47. The monoisotopic (exact) mass is 566 g/mol. The van der Waals surface area contributed by atoms with E-state index in [1.807, 2.05) is 26.0 Å². The minimum absolute atomic E-state index is 0.0777. The lowest BCUT2D eigenvalue weighted by Crippen LogP contribution is -2.46. The molecule has 0 saturated carbocycles. The molecule has 0 bridgehead atoms. The summed E-state index contributed by atoms with van der Waals surface area (Å²) in [5.41, 5.74) is 3.97. The number of aliphatic hydroxyl groups is 1. The van der Waals surface area contributed by atoms with E-state index in [0.717, 1.165) is 12.5 Å². The molecule has 41 heavy (non-hydrogen) atoms. The van der Waals surface area contributed by atoms with Crippen molar-refractivity contribution < 1.29 is 27.8 Å². The number of aryl methyl sites for hydroxylation is 1. The van der Waals surface area contributed by atoms with Crippen LogP contribution in [0.4, 0.5) is 13.2 Å². The highest BCUT2D eigenvalue weighted by molar-refractivity contribution is 5.98. The van der Waals surface area contributed by atoms with Crippen molar-refractivity contribution in [2.45, 2.75) is 59.9 Å². The van der Waals surface area contributed by atoms with Crippen molar-refractivity contribution in [1.29, 1.82) is 0 Å². The van der Waals surface area contributed by atoms with Gasteiger partial charge in [0.25, 0.3) is 0 Å². The molecular weight excluding hydrogens is 529 g/mol. The van der Waals surface area contributed by atoms with Crippen LogP contribution in [0.5, 0.6) is 5.75 Å². The van der Waals surface area contributed by atoms with Crippen molar-refractivity contribution in [2.75, 3.05) is 13.7 Å². The zero-order valence-corrected chi connectivity index (χ0v) is 24.6. The van der Waals surface area contributed by atoms with Crippen molar-refractivity contribution in [3.05, 3.63) is 93.6 Å². The maximum absolute atomic E-state index is 14.9. The van der Waals surface area contributed by atoms with Gasteiger partial charge >= 0.3 is 0 Å². The van der Waals surface area contributed by atoms with Crippen molar-refractivity contribution in [2.24, 2.45) is 0 Å². The molecule has 0 unspecified atom stereocenters. The molecule has 218 valence electrons. The van der Waals surface area contributed by atoms with Gasteiger partial charge in [-0.25, -0.2) is 13.2 Å². The maximum atomic E-state index is 14.9. The number of aliphatic hydroxyl groups excluding tert-OH is 1. The first kappa shape index (κ1) is 31.6. The van der Waals surface area contributed by atoms with E-state index in [0.29, 0.717) is 51.1 Å². The van der Waals surface area contributed by atoms with Gasteiger partial charge in [0.15, 0.2) is 11.6 Å². The average Bonchev–Trinajstić information content (AvgIpc) is 2.91. The molecule has 0 radical (unpaired) electrons. The number of nitrogens with zero attached hydrogens (tertiary/aromatic N) is 1. The summed E-state index contributed by atoms with van der Waals surface area (Å²) in [5, 5.41) is 12.2. The molecule has 0 spiro atoms. The van der Waals surface area contributed by atoms with Gasteiger partial charge < -0.3 is 15.2 Å². The van der Waals surface area contributed by atoms with Crippen molar-refractivity contribution in [1.82, 2.24) is 10.3 Å². The summed E-state index contributed by atoms with van der Waals surface area (Å²) in [6.45, 7) is 10.4. The van der Waals surface area contributed by atoms with Gasteiger partial charge in [-0.1, -0.05) is 19.4 Å². The summed E-state index contributed by atoms with van der Waals surface area (Å²) in [7, 11) is 1.33. The number of unbranched alkanes of at least 4 members (excludes halogenated alkanes) is 1. The number of halogens is 3. The highest BCUT2D eigenvalue weighted by atomic mass is 19.1. The van der Waals surface area contributed by atoms with Crippen LogP contribution in [0.3, 0.4) is 0 Å². The van der Waals surface area contributed by atoms with Crippen LogP contribution in [-0.2, 0) is 4.79 Å². The number of carbonyl (C=O) groups excluding carboxylic acids is 1. The largest absolute Gasteiger partial charge is 0.493 e. The predicted octanol–water partition coefficient (Wildman–Crippen LogP) is 7.31. The fraction of sp³-hybridized carbons (Fsp3) is 0.333. The number of amides is 1. The first-order chi connectivity index (χ1) is 19.3. The van der Waals surface area contributed by atoms with Crippen LogP contribution < -0.4 is 10.1 Å². The third kappa shape index (κ3) is 7.44. The fourth-order valence-corrected chi connectivity index (χ4v) is 4.47. The second-order valence-electron chi connectivity index (χ2n) is 10.7. The van der Waals surface area contributed by atoms with E-state index >= 15 is 0 Å². The molecule has 1 aromatic heterocycles. The molecule has 1 heterocycles. The Morgan fingerprint density at radius 3 is 2.39 bits per heavy atom. The van der Waals surface area contributed by atoms with Crippen molar-refractivity contribution in [3.8, 4) is 16.9 Å². The molecule has 0 saturated heterocycles. The summed E-state index contributed by atoms with van der Waals surface area (Å²) < 4.78 is 49.3. The number of benzene rings is 2. The molecular formula is C33H37F3N2O3. The van der Waals surface area contributed by atoms with E-state index in [2.05, 4.69) is 10.3 Å².